The molecule has 0 fully saturated rings. The number of hydrogen-bond donors (Lipinski definition) is 2. The van der Waals surface area contributed by atoms with E-state index in [1.54, 1.807) is 12.1 Å². The van der Waals surface area contributed by atoms with Crippen LogP contribution in [-0.2, 0) is 0 Å². The largest absolute Gasteiger partial charge is 0.478 e. The highest BCUT2D eigenvalue weighted by Gasteiger charge is 2.07. The number of nitrogen functional groups attached to an aromatic ring is 1. The highest BCUT2D eigenvalue weighted by molar-refractivity contribution is 9.09. The van der Waals surface area contributed by atoms with Crippen LogP contribution in [0.1, 0.15) is 15.9 Å². The van der Waals surface area contributed by atoms with Crippen LogP contribution in [0.15, 0.2) is 18.2 Å². The summed E-state index contributed by atoms with van der Waals surface area (Å²) in [4.78, 5) is 10.7. The van der Waals surface area contributed by atoms with E-state index in [9.17, 15) is 4.79 Å². The van der Waals surface area contributed by atoms with Crippen LogP contribution in [0.2, 0.25) is 0 Å². The Labute approximate surface area is 90.1 Å². The van der Waals surface area contributed by atoms with E-state index in [1.165, 1.54) is 6.07 Å². The minimum absolute atomic E-state index is 0.0892. The quantitative estimate of drug-likeness (QED) is 0.455. The first-order valence-electron chi connectivity index (χ1n) is 3.83. The molecule has 0 heterocycles. The zero-order valence-corrected chi connectivity index (χ0v) is 8.84. The van der Waals surface area contributed by atoms with Gasteiger partial charge in [-0.1, -0.05) is 27.8 Å². The Morgan fingerprint density at radius 1 is 1.57 bits per heavy atom. The maximum Gasteiger partial charge on any atom is 0.337 e. The molecule has 0 unspecified atom stereocenters. The maximum absolute atomic E-state index is 10.7. The zero-order chi connectivity index (χ0) is 10.6. The van der Waals surface area contributed by atoms with Crippen LogP contribution >= 0.6 is 15.9 Å². The lowest BCUT2D eigenvalue weighted by molar-refractivity contribution is 0.0698. The van der Waals surface area contributed by atoms with E-state index in [1.807, 2.05) is 0 Å². The molecule has 0 saturated heterocycles. The summed E-state index contributed by atoms with van der Waals surface area (Å²) >= 11 is 3.15. The molecule has 0 radical (unpaired) electrons. The molecular weight excluding hydrogens is 246 g/mol. The summed E-state index contributed by atoms with van der Waals surface area (Å²) in [7, 11) is 0. The number of halogens is 1. The third-order valence-corrected chi connectivity index (χ3v) is 1.86. The van der Waals surface area contributed by atoms with Gasteiger partial charge < -0.3 is 10.8 Å². The molecule has 0 aliphatic rings. The standard InChI is InChI=1S/C10H8BrNO2/c11-5-1-2-7-3-4-9(12)8(6-7)10(13)14/h3-4,6H,5,12H2,(H,13,14). The smallest absolute Gasteiger partial charge is 0.337 e. The number of alkyl halides is 1. The van der Waals surface area contributed by atoms with Crippen molar-refractivity contribution in [2.45, 2.75) is 0 Å². The number of anilines is 1. The minimum Gasteiger partial charge on any atom is -0.478 e. The van der Waals surface area contributed by atoms with Crippen molar-refractivity contribution in [3.63, 3.8) is 0 Å². The molecule has 0 saturated carbocycles. The van der Waals surface area contributed by atoms with Crippen LogP contribution in [-0.4, -0.2) is 16.4 Å². The molecule has 0 aliphatic heterocycles. The summed E-state index contributed by atoms with van der Waals surface area (Å²) in [5, 5.41) is 9.33. The Kier molecular flexibility index (Phi) is 3.55. The summed E-state index contributed by atoms with van der Waals surface area (Å²) in [5.74, 6) is 4.55. The van der Waals surface area contributed by atoms with Crippen molar-refractivity contribution in [2.24, 2.45) is 0 Å². The van der Waals surface area contributed by atoms with Gasteiger partial charge in [0.15, 0.2) is 0 Å². The molecule has 3 N–H and O–H groups in total. The normalized spacial score (nSPS) is 8.93. The monoisotopic (exact) mass is 253 g/mol. The van der Waals surface area contributed by atoms with Crippen LogP contribution in [0.3, 0.4) is 0 Å². The molecule has 1 aromatic carbocycles. The van der Waals surface area contributed by atoms with E-state index < -0.39 is 5.97 Å². The van der Waals surface area contributed by atoms with Gasteiger partial charge in [0.1, 0.15) is 0 Å². The van der Waals surface area contributed by atoms with Crippen molar-refractivity contribution in [1.82, 2.24) is 0 Å². The summed E-state index contributed by atoms with van der Waals surface area (Å²) in [6.07, 6.45) is 0. The molecule has 0 atom stereocenters. The fourth-order valence-corrected chi connectivity index (χ4v) is 1.09. The van der Waals surface area contributed by atoms with Gasteiger partial charge in [0.05, 0.1) is 10.9 Å². The van der Waals surface area contributed by atoms with Gasteiger partial charge in [-0.25, -0.2) is 4.79 Å². The molecule has 0 spiro atoms. The summed E-state index contributed by atoms with van der Waals surface area (Å²) < 4.78 is 0. The van der Waals surface area contributed by atoms with E-state index in [-0.39, 0.29) is 11.3 Å². The Balaban J connectivity index is 3.13. The van der Waals surface area contributed by atoms with Crippen molar-refractivity contribution in [1.29, 1.82) is 0 Å². The van der Waals surface area contributed by atoms with Gasteiger partial charge in [0, 0.05) is 11.3 Å². The Morgan fingerprint density at radius 2 is 2.29 bits per heavy atom. The first kappa shape index (κ1) is 10.6. The molecule has 4 heteroatoms. The first-order chi connectivity index (χ1) is 6.65. The van der Waals surface area contributed by atoms with Crippen molar-refractivity contribution in [3.8, 4) is 11.8 Å². The summed E-state index contributed by atoms with van der Waals surface area (Å²) in [6, 6.07) is 4.70. The van der Waals surface area contributed by atoms with Crippen LogP contribution < -0.4 is 5.73 Å². The topological polar surface area (TPSA) is 63.3 Å². The predicted octanol–water partition coefficient (Wildman–Crippen LogP) is 1.71. The number of rotatable bonds is 1. The molecular formula is C10H8BrNO2. The highest BCUT2D eigenvalue weighted by Crippen LogP contribution is 2.13. The molecule has 72 valence electrons. The van der Waals surface area contributed by atoms with Crippen LogP contribution in [0.5, 0.6) is 0 Å². The lowest BCUT2D eigenvalue weighted by Crippen LogP contribution is -2.02. The third-order valence-electron chi connectivity index (χ3n) is 1.58. The van der Waals surface area contributed by atoms with E-state index in [2.05, 4.69) is 27.8 Å². The fourth-order valence-electron chi connectivity index (χ4n) is 0.955. The Bertz CT molecular complexity index is 418. The summed E-state index contributed by atoms with van der Waals surface area (Å²) in [5.41, 5.74) is 6.47. The lowest BCUT2D eigenvalue weighted by atomic mass is 10.1. The van der Waals surface area contributed by atoms with Crippen molar-refractivity contribution in [2.75, 3.05) is 11.1 Å². The van der Waals surface area contributed by atoms with E-state index in [0.717, 1.165) is 0 Å². The molecule has 14 heavy (non-hydrogen) atoms. The van der Waals surface area contributed by atoms with Gasteiger partial charge in [-0.15, -0.1) is 0 Å². The number of benzene rings is 1. The van der Waals surface area contributed by atoms with Crippen molar-refractivity contribution >= 4 is 27.6 Å². The highest BCUT2D eigenvalue weighted by atomic mass is 79.9. The van der Waals surface area contributed by atoms with Gasteiger partial charge in [0.2, 0.25) is 0 Å². The van der Waals surface area contributed by atoms with Crippen molar-refractivity contribution in [3.05, 3.63) is 29.3 Å². The number of carboxylic acids is 1. The Morgan fingerprint density at radius 3 is 2.86 bits per heavy atom. The molecule has 0 bridgehead atoms. The molecule has 0 aromatic heterocycles. The second kappa shape index (κ2) is 4.68. The molecule has 3 nitrogen and oxygen atoms in total. The number of aromatic carboxylic acids is 1. The number of nitrogens with two attached hydrogens (primary N) is 1. The zero-order valence-electron chi connectivity index (χ0n) is 7.25. The Hall–Kier alpha value is -1.47. The van der Waals surface area contributed by atoms with E-state index in [4.69, 9.17) is 10.8 Å². The van der Waals surface area contributed by atoms with Crippen LogP contribution in [0.4, 0.5) is 5.69 Å². The first-order valence-corrected chi connectivity index (χ1v) is 4.95. The second-order valence-corrected chi connectivity index (χ2v) is 3.10. The number of hydrogen-bond acceptors (Lipinski definition) is 2. The summed E-state index contributed by atoms with van der Waals surface area (Å²) in [6.45, 7) is 0. The minimum atomic E-state index is -1.04. The number of carboxylic acid groups (broad SMARTS) is 1. The van der Waals surface area contributed by atoms with Gasteiger partial charge in [-0.05, 0) is 18.2 Å². The average molecular weight is 254 g/mol. The maximum atomic E-state index is 10.7. The molecule has 0 amide bonds. The fraction of sp³-hybridized carbons (Fsp3) is 0.100. The third kappa shape index (κ3) is 2.51. The average Bonchev–Trinajstić information content (AvgIpc) is 2.16. The lowest BCUT2D eigenvalue weighted by Gasteiger charge is -2.00. The second-order valence-electron chi connectivity index (χ2n) is 2.54. The van der Waals surface area contributed by atoms with Crippen LogP contribution in [0.25, 0.3) is 0 Å². The van der Waals surface area contributed by atoms with Crippen LogP contribution in [0, 0.1) is 11.8 Å². The van der Waals surface area contributed by atoms with Gasteiger partial charge in [0.25, 0.3) is 0 Å². The predicted molar refractivity (Wildman–Crippen MR) is 58.5 cm³/mol. The van der Waals surface area contributed by atoms with E-state index in [0.29, 0.717) is 10.9 Å². The number of carbonyl (C=O) groups is 1. The molecule has 1 aromatic rings. The van der Waals surface area contributed by atoms with Gasteiger partial charge in [-0.2, -0.15) is 0 Å². The van der Waals surface area contributed by atoms with Gasteiger partial charge >= 0.3 is 5.97 Å². The van der Waals surface area contributed by atoms with Crippen molar-refractivity contribution < 1.29 is 9.90 Å². The SMILES string of the molecule is Nc1ccc(C#CCBr)cc1C(=O)O. The van der Waals surface area contributed by atoms with E-state index >= 15 is 0 Å². The molecule has 0 aliphatic carbocycles. The van der Waals surface area contributed by atoms with Gasteiger partial charge in [-0.3, -0.25) is 0 Å². The molecule has 1 rings (SSSR count).